The second-order valence-electron chi connectivity index (χ2n) is 6.53. The van der Waals surface area contributed by atoms with Crippen LogP contribution in [0.25, 0.3) is 11.0 Å². The summed E-state index contributed by atoms with van der Waals surface area (Å²) in [7, 11) is 1.03. The van der Waals surface area contributed by atoms with Gasteiger partial charge in [-0.05, 0) is 30.3 Å². The van der Waals surface area contributed by atoms with Gasteiger partial charge in [0, 0.05) is 12.1 Å². The fraction of sp³-hybridized carbons (Fsp3) is 0.222. The number of nitrogens with one attached hydrogen (secondary N) is 1. The van der Waals surface area contributed by atoms with Crippen LogP contribution in [0, 0.1) is 0 Å². The number of aromatic nitrogens is 3. The van der Waals surface area contributed by atoms with E-state index in [0.717, 1.165) is 25.2 Å². The molecule has 0 saturated heterocycles. The molecule has 3 aromatic rings. The summed E-state index contributed by atoms with van der Waals surface area (Å²) in [6.07, 6.45) is -9.68. The number of amides is 1. The summed E-state index contributed by atoms with van der Waals surface area (Å²) in [4.78, 5) is 40.6. The number of alkyl halides is 6. The Morgan fingerprint density at radius 1 is 1.06 bits per heavy atom. The Morgan fingerprint density at radius 2 is 1.72 bits per heavy atom. The van der Waals surface area contributed by atoms with Gasteiger partial charge in [-0.15, -0.1) is 0 Å². The van der Waals surface area contributed by atoms with Crippen molar-refractivity contribution in [3.05, 3.63) is 67.4 Å². The van der Waals surface area contributed by atoms with Crippen LogP contribution in [0.1, 0.15) is 11.3 Å². The molecule has 3 rings (SSSR count). The molecule has 32 heavy (non-hydrogen) atoms. The summed E-state index contributed by atoms with van der Waals surface area (Å²) in [6.45, 7) is -0.998. The number of benzene rings is 1. The molecule has 0 unspecified atom stereocenters. The summed E-state index contributed by atoms with van der Waals surface area (Å²) in [5, 5.41) is 1.33. The summed E-state index contributed by atoms with van der Waals surface area (Å²) < 4.78 is 79.1. The lowest BCUT2D eigenvalue weighted by molar-refractivity contribution is -0.141. The van der Waals surface area contributed by atoms with Crippen LogP contribution < -0.4 is 16.6 Å². The third-order valence-corrected chi connectivity index (χ3v) is 4.57. The van der Waals surface area contributed by atoms with Gasteiger partial charge < -0.3 is 5.32 Å². The van der Waals surface area contributed by atoms with E-state index in [-0.39, 0.29) is 5.02 Å². The maximum Gasteiger partial charge on any atom is 0.433 e. The predicted octanol–water partition coefficient (Wildman–Crippen LogP) is 3.42. The zero-order chi connectivity index (χ0) is 24.0. The van der Waals surface area contributed by atoms with Crippen LogP contribution in [-0.4, -0.2) is 20.0 Å². The minimum atomic E-state index is -4.86. The zero-order valence-corrected chi connectivity index (χ0v) is 16.6. The van der Waals surface area contributed by atoms with E-state index in [0.29, 0.717) is 21.3 Å². The molecular formula is C18H11ClF6N4O3. The van der Waals surface area contributed by atoms with E-state index in [9.17, 15) is 40.7 Å². The highest BCUT2D eigenvalue weighted by Gasteiger charge is 2.35. The number of carbonyl (C=O) groups excluding carboxylic acids is 1. The smallest absolute Gasteiger partial charge is 0.324 e. The molecule has 0 fully saturated rings. The third-order valence-electron chi connectivity index (χ3n) is 4.34. The van der Waals surface area contributed by atoms with Gasteiger partial charge in [0.2, 0.25) is 5.91 Å². The van der Waals surface area contributed by atoms with Crippen LogP contribution in [0.15, 0.2) is 39.9 Å². The standard InChI is InChI=1S/C18H11ClF6N4O3/c1-28-14-9(3-5-12(27-14)18(23,24)25)15(31)29(16(28)32)7-13(30)26-11-4-2-8(19)6-10(11)17(20,21)22/h2-6H,7H2,1H3,(H,26,30). The molecule has 0 saturated carbocycles. The van der Waals surface area contributed by atoms with Crippen molar-refractivity contribution in [2.24, 2.45) is 7.05 Å². The lowest BCUT2D eigenvalue weighted by Crippen LogP contribution is -2.42. The molecule has 2 heterocycles. The summed E-state index contributed by atoms with van der Waals surface area (Å²) in [5.74, 6) is -1.16. The molecular weight excluding hydrogens is 470 g/mol. The van der Waals surface area contributed by atoms with Crippen LogP contribution in [0.3, 0.4) is 0 Å². The SMILES string of the molecule is Cn1c(=O)n(CC(=O)Nc2ccc(Cl)cc2C(F)(F)F)c(=O)c2ccc(C(F)(F)F)nc21. The minimum absolute atomic E-state index is 0.235. The highest BCUT2D eigenvalue weighted by atomic mass is 35.5. The number of rotatable bonds is 3. The van der Waals surface area contributed by atoms with Gasteiger partial charge in [0.15, 0.2) is 0 Å². The Labute approximate surface area is 178 Å². The van der Waals surface area contributed by atoms with E-state index in [4.69, 9.17) is 11.6 Å². The van der Waals surface area contributed by atoms with Gasteiger partial charge in [-0.3, -0.25) is 18.7 Å². The Balaban J connectivity index is 2.01. The molecule has 1 amide bonds. The lowest BCUT2D eigenvalue weighted by Gasteiger charge is -2.15. The number of halogens is 7. The van der Waals surface area contributed by atoms with Gasteiger partial charge in [0.05, 0.1) is 16.6 Å². The number of pyridine rings is 1. The molecule has 0 radical (unpaired) electrons. The number of anilines is 1. The first-order chi connectivity index (χ1) is 14.7. The molecule has 0 aliphatic heterocycles. The lowest BCUT2D eigenvalue weighted by atomic mass is 10.1. The van der Waals surface area contributed by atoms with Crippen molar-refractivity contribution in [2.45, 2.75) is 18.9 Å². The molecule has 0 aliphatic rings. The molecule has 7 nitrogen and oxygen atoms in total. The third kappa shape index (κ3) is 4.47. The summed E-state index contributed by atoms with van der Waals surface area (Å²) in [5.41, 5.74) is -6.13. The Hall–Kier alpha value is -3.35. The maximum absolute atomic E-state index is 13.2. The topological polar surface area (TPSA) is 86.0 Å². The van der Waals surface area contributed by atoms with E-state index in [1.165, 1.54) is 0 Å². The molecule has 2 aromatic heterocycles. The average Bonchev–Trinajstić information content (AvgIpc) is 2.69. The first-order valence-corrected chi connectivity index (χ1v) is 8.92. The number of carbonyl (C=O) groups is 1. The molecule has 0 spiro atoms. The van der Waals surface area contributed by atoms with Gasteiger partial charge in [-0.1, -0.05) is 11.6 Å². The number of nitrogens with zero attached hydrogens (tertiary/aromatic N) is 3. The van der Waals surface area contributed by atoms with Crippen LogP contribution in [0.5, 0.6) is 0 Å². The second kappa shape index (κ2) is 7.97. The minimum Gasteiger partial charge on any atom is -0.324 e. The number of hydrogen-bond donors (Lipinski definition) is 1. The van der Waals surface area contributed by atoms with Crippen molar-refractivity contribution in [1.29, 1.82) is 0 Å². The molecule has 170 valence electrons. The van der Waals surface area contributed by atoms with Crippen molar-refractivity contribution in [2.75, 3.05) is 5.32 Å². The normalized spacial score (nSPS) is 12.2. The van der Waals surface area contributed by atoms with Crippen LogP contribution in [-0.2, 0) is 30.7 Å². The van der Waals surface area contributed by atoms with E-state index in [1.807, 2.05) is 5.32 Å². The fourth-order valence-electron chi connectivity index (χ4n) is 2.87. The fourth-order valence-corrected chi connectivity index (χ4v) is 3.04. The quantitative estimate of drug-likeness (QED) is 0.582. The Bertz CT molecular complexity index is 1340. The molecule has 1 aromatic carbocycles. The first kappa shape index (κ1) is 23.3. The van der Waals surface area contributed by atoms with Crippen LogP contribution in [0.2, 0.25) is 5.02 Å². The number of aryl methyl sites for hydroxylation is 1. The molecule has 14 heteroatoms. The summed E-state index contributed by atoms with van der Waals surface area (Å²) in [6, 6.07) is 3.90. The second-order valence-corrected chi connectivity index (χ2v) is 6.97. The van der Waals surface area contributed by atoms with E-state index in [2.05, 4.69) is 4.98 Å². The Kier molecular flexibility index (Phi) is 5.80. The van der Waals surface area contributed by atoms with Gasteiger partial charge in [0.25, 0.3) is 5.56 Å². The average molecular weight is 481 g/mol. The first-order valence-electron chi connectivity index (χ1n) is 8.54. The Morgan fingerprint density at radius 3 is 2.31 bits per heavy atom. The predicted molar refractivity (Wildman–Crippen MR) is 101 cm³/mol. The molecule has 0 atom stereocenters. The molecule has 0 aliphatic carbocycles. The van der Waals surface area contributed by atoms with Crippen LogP contribution in [0.4, 0.5) is 32.0 Å². The van der Waals surface area contributed by atoms with Gasteiger partial charge in [-0.2, -0.15) is 26.3 Å². The van der Waals surface area contributed by atoms with Gasteiger partial charge in [0.1, 0.15) is 17.9 Å². The zero-order valence-electron chi connectivity index (χ0n) is 15.8. The van der Waals surface area contributed by atoms with Crippen molar-refractivity contribution in [3.8, 4) is 0 Å². The summed E-state index contributed by atoms with van der Waals surface area (Å²) >= 11 is 5.56. The van der Waals surface area contributed by atoms with Gasteiger partial charge in [-0.25, -0.2) is 9.78 Å². The van der Waals surface area contributed by atoms with E-state index < -0.39 is 64.0 Å². The maximum atomic E-state index is 13.2. The largest absolute Gasteiger partial charge is 0.433 e. The molecule has 0 bridgehead atoms. The van der Waals surface area contributed by atoms with Gasteiger partial charge >= 0.3 is 18.0 Å². The highest BCUT2D eigenvalue weighted by Crippen LogP contribution is 2.36. The van der Waals surface area contributed by atoms with Crippen molar-refractivity contribution >= 4 is 34.2 Å². The monoisotopic (exact) mass is 480 g/mol. The molecule has 1 N–H and O–H groups in total. The van der Waals surface area contributed by atoms with Crippen molar-refractivity contribution in [3.63, 3.8) is 0 Å². The van der Waals surface area contributed by atoms with E-state index in [1.54, 1.807) is 0 Å². The van der Waals surface area contributed by atoms with Crippen molar-refractivity contribution < 1.29 is 31.1 Å². The van der Waals surface area contributed by atoms with Crippen LogP contribution >= 0.6 is 11.6 Å². The number of fused-ring (bicyclic) bond motifs is 1. The highest BCUT2D eigenvalue weighted by molar-refractivity contribution is 6.30. The van der Waals surface area contributed by atoms with E-state index >= 15 is 0 Å². The number of hydrogen-bond acceptors (Lipinski definition) is 4. The van der Waals surface area contributed by atoms with Crippen molar-refractivity contribution in [1.82, 2.24) is 14.1 Å².